The second-order valence-corrected chi connectivity index (χ2v) is 7.90. The van der Waals surface area contributed by atoms with Gasteiger partial charge in [-0.1, -0.05) is 19.2 Å². The third-order valence-corrected chi connectivity index (χ3v) is 5.81. The molecule has 7 heteroatoms. The fourth-order valence-electron chi connectivity index (χ4n) is 3.89. The Kier molecular flexibility index (Phi) is 5.37. The maximum Gasteiger partial charge on any atom is 0.248 e. The summed E-state index contributed by atoms with van der Waals surface area (Å²) in [5.41, 5.74) is 5.37. The molecule has 3 aromatic heterocycles. The number of rotatable bonds is 6. The van der Waals surface area contributed by atoms with E-state index in [2.05, 4.69) is 33.5 Å². The SMILES string of the molecule is C=Cc1cnn2ccc(C(=C)c3cnc(NCC4CCC(F)(F)CC4)nc3C)cc12. The Labute approximate surface area is 174 Å². The molecule has 1 N–H and O–H groups in total. The first-order chi connectivity index (χ1) is 14.4. The first kappa shape index (κ1) is 20.2. The minimum atomic E-state index is -2.50. The van der Waals surface area contributed by atoms with Crippen LogP contribution in [-0.4, -0.2) is 32.0 Å². The monoisotopic (exact) mass is 409 g/mol. The molecule has 3 aromatic rings. The number of nitrogens with one attached hydrogen (secondary N) is 1. The summed E-state index contributed by atoms with van der Waals surface area (Å²) in [6.07, 6.45) is 8.18. The predicted octanol–water partition coefficient (Wildman–Crippen LogP) is 5.37. The zero-order valence-electron chi connectivity index (χ0n) is 17.0. The number of aromatic nitrogens is 4. The molecule has 3 heterocycles. The van der Waals surface area contributed by atoms with E-state index in [9.17, 15) is 8.78 Å². The van der Waals surface area contributed by atoms with Gasteiger partial charge in [0, 0.05) is 42.9 Å². The van der Waals surface area contributed by atoms with E-state index in [0.29, 0.717) is 25.3 Å². The molecule has 5 nitrogen and oxygen atoms in total. The summed E-state index contributed by atoms with van der Waals surface area (Å²) < 4.78 is 28.4. The number of hydrogen-bond donors (Lipinski definition) is 1. The lowest BCUT2D eigenvalue weighted by molar-refractivity contribution is -0.0443. The Morgan fingerprint density at radius 3 is 2.80 bits per heavy atom. The third-order valence-electron chi connectivity index (χ3n) is 5.81. The van der Waals surface area contributed by atoms with Crippen LogP contribution in [0.15, 0.2) is 43.9 Å². The van der Waals surface area contributed by atoms with Crippen LogP contribution in [0.5, 0.6) is 0 Å². The Bertz CT molecular complexity index is 1090. The van der Waals surface area contributed by atoms with Crippen LogP contribution in [0.3, 0.4) is 0 Å². The van der Waals surface area contributed by atoms with Crippen molar-refractivity contribution < 1.29 is 8.78 Å². The van der Waals surface area contributed by atoms with E-state index in [1.54, 1.807) is 23.0 Å². The Morgan fingerprint density at radius 2 is 2.10 bits per heavy atom. The van der Waals surface area contributed by atoms with Crippen LogP contribution in [-0.2, 0) is 0 Å². The summed E-state index contributed by atoms with van der Waals surface area (Å²) in [5.74, 6) is -1.76. The van der Waals surface area contributed by atoms with Gasteiger partial charge in [-0.05, 0) is 49.0 Å². The summed E-state index contributed by atoms with van der Waals surface area (Å²) in [5, 5.41) is 7.50. The van der Waals surface area contributed by atoms with Crippen LogP contribution < -0.4 is 5.32 Å². The van der Waals surface area contributed by atoms with Crippen molar-refractivity contribution in [1.82, 2.24) is 19.6 Å². The number of anilines is 1. The van der Waals surface area contributed by atoms with Gasteiger partial charge >= 0.3 is 0 Å². The van der Waals surface area contributed by atoms with Gasteiger partial charge in [0.05, 0.1) is 17.4 Å². The van der Waals surface area contributed by atoms with Crippen LogP contribution in [0.4, 0.5) is 14.7 Å². The van der Waals surface area contributed by atoms with Gasteiger partial charge in [0.25, 0.3) is 0 Å². The first-order valence-corrected chi connectivity index (χ1v) is 10.1. The van der Waals surface area contributed by atoms with Crippen molar-refractivity contribution >= 4 is 23.1 Å². The smallest absolute Gasteiger partial charge is 0.248 e. The number of pyridine rings is 1. The maximum absolute atomic E-state index is 13.3. The van der Waals surface area contributed by atoms with Gasteiger partial charge in [0.15, 0.2) is 0 Å². The fraction of sp³-hybridized carbons (Fsp3) is 0.348. The largest absolute Gasteiger partial charge is 0.354 e. The van der Waals surface area contributed by atoms with Crippen molar-refractivity contribution in [3.8, 4) is 0 Å². The van der Waals surface area contributed by atoms with Gasteiger partial charge in [-0.15, -0.1) is 0 Å². The van der Waals surface area contributed by atoms with Gasteiger partial charge in [-0.3, -0.25) is 0 Å². The molecule has 0 aliphatic heterocycles. The zero-order chi connectivity index (χ0) is 21.3. The van der Waals surface area contributed by atoms with E-state index >= 15 is 0 Å². The maximum atomic E-state index is 13.3. The summed E-state index contributed by atoms with van der Waals surface area (Å²) in [6.45, 7) is 10.6. The standard InChI is InChI=1S/C23H25F2N5/c1-4-18-13-28-30-10-7-19(11-21(18)30)15(2)20-14-27-22(29-16(20)3)26-12-17-5-8-23(24,25)9-6-17/h4,7,10-11,13-14,17H,1-2,5-6,8-9,12H2,3H3,(H,26,27,29). The molecule has 0 saturated heterocycles. The van der Waals surface area contributed by atoms with Crippen molar-refractivity contribution in [3.63, 3.8) is 0 Å². The number of nitrogens with zero attached hydrogens (tertiary/aromatic N) is 4. The van der Waals surface area contributed by atoms with Crippen molar-refractivity contribution in [3.05, 3.63) is 66.3 Å². The molecule has 1 saturated carbocycles. The third kappa shape index (κ3) is 4.10. The second-order valence-electron chi connectivity index (χ2n) is 7.90. The molecule has 0 radical (unpaired) electrons. The predicted molar refractivity (Wildman–Crippen MR) is 116 cm³/mol. The van der Waals surface area contributed by atoms with Crippen LogP contribution in [0, 0.1) is 12.8 Å². The van der Waals surface area contributed by atoms with Gasteiger partial charge in [-0.25, -0.2) is 23.3 Å². The minimum Gasteiger partial charge on any atom is -0.354 e. The lowest BCUT2D eigenvalue weighted by atomic mass is 9.87. The molecular weight excluding hydrogens is 384 g/mol. The molecule has 1 fully saturated rings. The van der Waals surface area contributed by atoms with E-state index < -0.39 is 5.92 Å². The van der Waals surface area contributed by atoms with Crippen molar-refractivity contribution in [2.45, 2.75) is 38.5 Å². The van der Waals surface area contributed by atoms with Crippen LogP contribution in [0.2, 0.25) is 0 Å². The van der Waals surface area contributed by atoms with E-state index in [0.717, 1.165) is 33.5 Å². The van der Waals surface area contributed by atoms with Gasteiger partial charge < -0.3 is 5.32 Å². The first-order valence-electron chi connectivity index (χ1n) is 10.1. The quantitative estimate of drug-likeness (QED) is 0.594. The lowest BCUT2D eigenvalue weighted by Gasteiger charge is -2.28. The highest BCUT2D eigenvalue weighted by Crippen LogP contribution is 2.36. The molecule has 4 rings (SSSR count). The molecule has 0 bridgehead atoms. The fourth-order valence-corrected chi connectivity index (χ4v) is 3.89. The van der Waals surface area contributed by atoms with Crippen molar-refractivity contribution in [2.24, 2.45) is 5.92 Å². The number of alkyl halides is 2. The number of fused-ring (bicyclic) bond motifs is 1. The summed E-state index contributed by atoms with van der Waals surface area (Å²) >= 11 is 0. The van der Waals surface area contributed by atoms with Crippen molar-refractivity contribution in [2.75, 3.05) is 11.9 Å². The molecule has 0 unspecified atom stereocenters. The second kappa shape index (κ2) is 7.97. The summed E-state index contributed by atoms with van der Waals surface area (Å²) in [7, 11) is 0. The Morgan fingerprint density at radius 1 is 1.33 bits per heavy atom. The van der Waals surface area contributed by atoms with Crippen molar-refractivity contribution in [1.29, 1.82) is 0 Å². The molecule has 0 spiro atoms. The van der Waals surface area contributed by atoms with Crippen LogP contribution in [0.25, 0.3) is 17.2 Å². The summed E-state index contributed by atoms with van der Waals surface area (Å²) in [4.78, 5) is 8.97. The Hall–Kier alpha value is -3.09. The number of aryl methyl sites for hydroxylation is 1. The molecule has 30 heavy (non-hydrogen) atoms. The highest BCUT2D eigenvalue weighted by atomic mass is 19.3. The summed E-state index contributed by atoms with van der Waals surface area (Å²) in [6, 6.07) is 3.98. The van der Waals surface area contributed by atoms with E-state index in [1.807, 2.05) is 25.3 Å². The minimum absolute atomic E-state index is 0.0346. The van der Waals surface area contributed by atoms with Gasteiger partial charge in [0.2, 0.25) is 11.9 Å². The normalized spacial score (nSPS) is 16.5. The van der Waals surface area contributed by atoms with E-state index in [1.165, 1.54) is 0 Å². The van der Waals surface area contributed by atoms with Crippen LogP contribution in [0.1, 0.15) is 48.1 Å². The average Bonchev–Trinajstić information content (AvgIpc) is 3.15. The highest BCUT2D eigenvalue weighted by molar-refractivity contribution is 5.82. The molecule has 1 aliphatic rings. The molecular formula is C23H25F2N5. The molecule has 156 valence electrons. The molecule has 0 atom stereocenters. The molecule has 0 amide bonds. The van der Waals surface area contributed by atoms with Gasteiger partial charge in [0.1, 0.15) is 0 Å². The molecule has 1 aliphatic carbocycles. The lowest BCUT2D eigenvalue weighted by Crippen LogP contribution is -2.28. The average molecular weight is 409 g/mol. The number of hydrogen-bond acceptors (Lipinski definition) is 4. The van der Waals surface area contributed by atoms with E-state index in [4.69, 9.17) is 0 Å². The zero-order valence-corrected chi connectivity index (χ0v) is 17.0. The Balaban J connectivity index is 1.46. The van der Waals surface area contributed by atoms with Gasteiger partial charge in [-0.2, -0.15) is 5.10 Å². The molecule has 0 aromatic carbocycles. The topological polar surface area (TPSA) is 55.1 Å². The van der Waals surface area contributed by atoms with E-state index in [-0.39, 0.29) is 18.8 Å². The van der Waals surface area contributed by atoms with Crippen LogP contribution >= 0.6 is 0 Å². The number of halogens is 2. The highest BCUT2D eigenvalue weighted by Gasteiger charge is 2.34.